The summed E-state index contributed by atoms with van der Waals surface area (Å²) < 4.78 is 0. The van der Waals surface area contributed by atoms with Crippen LogP contribution in [0, 0.1) is 5.41 Å². The number of aliphatic imine (C=N–C) groups is 1. The van der Waals surface area contributed by atoms with E-state index in [-0.39, 0.29) is 17.9 Å². The highest BCUT2D eigenvalue weighted by Crippen LogP contribution is 2.34. The fourth-order valence-electron chi connectivity index (χ4n) is 2.05. The summed E-state index contributed by atoms with van der Waals surface area (Å²) in [6.45, 7) is 1.82. The van der Waals surface area contributed by atoms with Crippen molar-refractivity contribution in [2.24, 2.45) is 16.1 Å². The molecule has 2 rings (SSSR count). The Balaban J connectivity index is 0.000000272. The molecule has 1 atom stereocenters. The molecule has 24 heavy (non-hydrogen) atoms. The molecule has 0 aromatic heterocycles. The summed E-state index contributed by atoms with van der Waals surface area (Å²) in [5, 5.41) is 17.8. The molecular weight excluding hydrogens is 338 g/mol. The van der Waals surface area contributed by atoms with Crippen molar-refractivity contribution in [3.63, 3.8) is 0 Å². The zero-order valence-electron chi connectivity index (χ0n) is 13.0. The standard InChI is InChI=1S/C10H11ClO4.C5H7N3O/c1-10(9(14)15)3-6(5-11)2-7(4-10)8(12)13;6-5(9)8-3-1-2-7-4-8/h2-3H,4-5H2,1H3,(H,12,13)(H,14,15);1-3H,4H2,(H2,6,9). The van der Waals surface area contributed by atoms with E-state index in [1.165, 1.54) is 24.0 Å². The van der Waals surface area contributed by atoms with Gasteiger partial charge >= 0.3 is 18.0 Å². The summed E-state index contributed by atoms with van der Waals surface area (Å²) in [5.74, 6) is -2.03. The molecule has 2 aliphatic rings. The molecule has 4 N–H and O–H groups in total. The highest BCUT2D eigenvalue weighted by molar-refractivity contribution is 6.19. The maximum atomic E-state index is 11.0. The fraction of sp³-hybridized carbons (Fsp3) is 0.333. The van der Waals surface area contributed by atoms with Crippen LogP contribution in [0.25, 0.3) is 0 Å². The van der Waals surface area contributed by atoms with Crippen LogP contribution in [-0.2, 0) is 9.59 Å². The molecule has 0 bridgehead atoms. The third-order valence-electron chi connectivity index (χ3n) is 3.31. The highest BCUT2D eigenvalue weighted by atomic mass is 35.5. The van der Waals surface area contributed by atoms with Crippen molar-refractivity contribution in [3.8, 4) is 0 Å². The average Bonchev–Trinajstić information content (AvgIpc) is 2.55. The number of primary amides is 1. The quantitative estimate of drug-likeness (QED) is 0.661. The van der Waals surface area contributed by atoms with Crippen LogP contribution in [0.1, 0.15) is 13.3 Å². The van der Waals surface area contributed by atoms with Crippen molar-refractivity contribution >= 4 is 35.8 Å². The number of carboxylic acids is 2. The molecule has 8 nitrogen and oxygen atoms in total. The third-order valence-corrected chi connectivity index (χ3v) is 3.62. The van der Waals surface area contributed by atoms with Crippen molar-refractivity contribution in [3.05, 3.63) is 35.6 Å². The number of aliphatic carboxylic acids is 2. The minimum absolute atomic E-state index is 0.0158. The number of allylic oxidation sites excluding steroid dienone is 3. The topological polar surface area (TPSA) is 133 Å². The Kier molecular flexibility index (Phi) is 6.72. The number of urea groups is 1. The van der Waals surface area contributed by atoms with Crippen molar-refractivity contribution in [1.29, 1.82) is 0 Å². The van der Waals surface area contributed by atoms with Crippen LogP contribution in [-0.4, -0.2) is 51.8 Å². The largest absolute Gasteiger partial charge is 0.481 e. The zero-order valence-corrected chi connectivity index (χ0v) is 13.7. The number of carboxylic acid groups (broad SMARTS) is 2. The van der Waals surface area contributed by atoms with E-state index in [4.69, 9.17) is 27.5 Å². The number of nitrogens with two attached hydrogens (primary N) is 1. The van der Waals surface area contributed by atoms with E-state index in [1.807, 2.05) is 0 Å². The normalized spacial score (nSPS) is 22.0. The van der Waals surface area contributed by atoms with E-state index in [0.717, 1.165) is 0 Å². The Hall–Kier alpha value is -2.61. The molecule has 0 radical (unpaired) electrons. The van der Waals surface area contributed by atoms with Crippen LogP contribution in [0.4, 0.5) is 4.79 Å². The second-order valence-electron chi connectivity index (χ2n) is 5.35. The number of alkyl halides is 1. The molecule has 1 aliphatic heterocycles. The van der Waals surface area contributed by atoms with Gasteiger partial charge in [-0.15, -0.1) is 11.6 Å². The average molecular weight is 356 g/mol. The lowest BCUT2D eigenvalue weighted by atomic mass is 9.78. The smallest absolute Gasteiger partial charge is 0.331 e. The van der Waals surface area contributed by atoms with E-state index in [0.29, 0.717) is 12.2 Å². The van der Waals surface area contributed by atoms with E-state index in [2.05, 4.69) is 4.99 Å². The number of rotatable bonds is 3. The van der Waals surface area contributed by atoms with Gasteiger partial charge in [0.25, 0.3) is 0 Å². The van der Waals surface area contributed by atoms with Gasteiger partial charge in [-0.2, -0.15) is 0 Å². The number of amides is 2. The van der Waals surface area contributed by atoms with Crippen LogP contribution in [0.3, 0.4) is 0 Å². The lowest BCUT2D eigenvalue weighted by Gasteiger charge is -2.25. The summed E-state index contributed by atoms with van der Waals surface area (Å²) in [6, 6.07) is -0.469. The number of hydrogen-bond donors (Lipinski definition) is 3. The predicted octanol–water partition coefficient (Wildman–Crippen LogP) is 1.58. The highest BCUT2D eigenvalue weighted by Gasteiger charge is 2.36. The van der Waals surface area contributed by atoms with E-state index >= 15 is 0 Å². The van der Waals surface area contributed by atoms with Gasteiger partial charge < -0.3 is 15.9 Å². The summed E-state index contributed by atoms with van der Waals surface area (Å²) in [4.78, 5) is 37.3. The first-order valence-electron chi connectivity index (χ1n) is 6.87. The van der Waals surface area contributed by atoms with Gasteiger partial charge in [0.2, 0.25) is 0 Å². The fourth-order valence-corrected chi connectivity index (χ4v) is 2.21. The number of nitrogens with zero attached hydrogens (tertiary/aromatic N) is 2. The second kappa shape index (κ2) is 8.30. The Morgan fingerprint density at radius 2 is 2.08 bits per heavy atom. The van der Waals surface area contributed by atoms with Crippen molar-refractivity contribution in [1.82, 2.24) is 4.90 Å². The van der Waals surface area contributed by atoms with Crippen LogP contribution in [0.5, 0.6) is 0 Å². The molecule has 2 amide bonds. The van der Waals surface area contributed by atoms with Gasteiger partial charge in [0.1, 0.15) is 6.67 Å². The maximum Gasteiger partial charge on any atom is 0.331 e. The van der Waals surface area contributed by atoms with E-state index in [9.17, 15) is 14.4 Å². The molecule has 0 spiro atoms. The molecule has 1 heterocycles. The summed E-state index contributed by atoms with van der Waals surface area (Å²) in [5.41, 5.74) is 4.37. The maximum absolute atomic E-state index is 11.0. The van der Waals surface area contributed by atoms with Crippen molar-refractivity contribution in [2.45, 2.75) is 13.3 Å². The Morgan fingerprint density at radius 1 is 1.42 bits per heavy atom. The third kappa shape index (κ3) is 5.24. The molecule has 1 aliphatic carbocycles. The zero-order chi connectivity index (χ0) is 18.3. The molecule has 130 valence electrons. The first-order chi connectivity index (χ1) is 11.2. The van der Waals surface area contributed by atoms with Gasteiger partial charge in [-0.05, 0) is 31.1 Å². The van der Waals surface area contributed by atoms with E-state index < -0.39 is 23.4 Å². The summed E-state index contributed by atoms with van der Waals surface area (Å²) >= 11 is 5.58. The van der Waals surface area contributed by atoms with Gasteiger partial charge in [0.15, 0.2) is 0 Å². The molecular formula is C15H18ClN3O5. The van der Waals surface area contributed by atoms with Gasteiger partial charge in [0, 0.05) is 23.9 Å². The SMILES string of the molecule is CC1(C(=O)O)C=C(CCl)C=C(C(=O)O)C1.NC(=O)N1C=CC=NC1. The predicted molar refractivity (Wildman–Crippen MR) is 88.8 cm³/mol. The lowest BCUT2D eigenvalue weighted by Crippen LogP contribution is -2.32. The number of carbonyl (C=O) groups is 3. The number of hydrogen-bond acceptors (Lipinski definition) is 4. The van der Waals surface area contributed by atoms with Crippen molar-refractivity contribution < 1.29 is 24.6 Å². The first-order valence-corrected chi connectivity index (χ1v) is 7.40. The Morgan fingerprint density at radius 3 is 2.46 bits per heavy atom. The van der Waals surface area contributed by atoms with Crippen LogP contribution in [0.2, 0.25) is 0 Å². The molecule has 0 aromatic carbocycles. The van der Waals surface area contributed by atoms with Crippen LogP contribution < -0.4 is 5.73 Å². The molecule has 0 saturated carbocycles. The monoisotopic (exact) mass is 355 g/mol. The molecule has 0 fully saturated rings. The van der Waals surface area contributed by atoms with Gasteiger partial charge in [-0.25, -0.2) is 9.59 Å². The van der Waals surface area contributed by atoms with Gasteiger partial charge in [-0.1, -0.05) is 6.08 Å². The lowest BCUT2D eigenvalue weighted by molar-refractivity contribution is -0.145. The van der Waals surface area contributed by atoms with Gasteiger partial charge in [-0.3, -0.25) is 14.7 Å². The summed E-state index contributed by atoms with van der Waals surface area (Å²) in [7, 11) is 0. The molecule has 0 saturated heterocycles. The minimum atomic E-state index is -1.17. The van der Waals surface area contributed by atoms with E-state index in [1.54, 1.807) is 18.5 Å². The molecule has 1 unspecified atom stereocenters. The molecule has 9 heteroatoms. The van der Waals surface area contributed by atoms with Crippen LogP contribution >= 0.6 is 11.6 Å². The Labute approximate surface area is 143 Å². The van der Waals surface area contributed by atoms with Gasteiger partial charge in [0.05, 0.1) is 5.41 Å². The molecule has 0 aromatic rings. The number of carbonyl (C=O) groups excluding carboxylic acids is 1. The second-order valence-corrected chi connectivity index (χ2v) is 5.62. The number of halogens is 1. The minimum Gasteiger partial charge on any atom is -0.481 e. The first kappa shape index (κ1) is 19.4. The van der Waals surface area contributed by atoms with Crippen molar-refractivity contribution in [2.75, 3.05) is 12.5 Å². The summed E-state index contributed by atoms with van der Waals surface area (Å²) in [6.07, 6.45) is 7.80. The Bertz CT molecular complexity index is 653. The van der Waals surface area contributed by atoms with Crippen LogP contribution in [0.15, 0.2) is 40.6 Å².